The van der Waals surface area contributed by atoms with Gasteiger partial charge in [0.1, 0.15) is 17.3 Å². The summed E-state index contributed by atoms with van der Waals surface area (Å²) in [5.41, 5.74) is 2.76. The Morgan fingerprint density at radius 3 is 2.56 bits per heavy atom. The van der Waals surface area contributed by atoms with Crippen molar-refractivity contribution in [1.29, 1.82) is 0 Å². The summed E-state index contributed by atoms with van der Waals surface area (Å²) in [5, 5.41) is 14.4. The van der Waals surface area contributed by atoms with E-state index < -0.39 is 0 Å². The molecule has 7 nitrogen and oxygen atoms in total. The molecule has 186 valence electrons. The van der Waals surface area contributed by atoms with Gasteiger partial charge in [0, 0.05) is 49.2 Å². The molecular weight excluding hydrogens is 470 g/mol. The third-order valence-electron chi connectivity index (χ3n) is 7.09. The van der Waals surface area contributed by atoms with Crippen molar-refractivity contribution in [3.8, 4) is 22.8 Å². The number of hydrogen-bond donors (Lipinski definition) is 2. The number of piperidine rings is 1. The Bertz CT molecular complexity index is 1310. The minimum atomic E-state index is -0.190. The molecule has 0 spiro atoms. The zero-order valence-corrected chi connectivity index (χ0v) is 21.1. The predicted molar refractivity (Wildman–Crippen MR) is 145 cm³/mol. The first-order valence-corrected chi connectivity index (χ1v) is 13.7. The second kappa shape index (κ2) is 10.4. The molecule has 1 aromatic carbocycles. The number of nitrogens with zero attached hydrogens (tertiary/aromatic N) is 4. The highest BCUT2D eigenvalue weighted by molar-refractivity contribution is 7.22. The first kappa shape index (κ1) is 23.2. The van der Waals surface area contributed by atoms with Crippen LogP contribution in [0.1, 0.15) is 44.9 Å². The Morgan fingerprint density at radius 2 is 1.75 bits per heavy atom. The van der Waals surface area contributed by atoms with Crippen molar-refractivity contribution < 1.29 is 9.84 Å². The number of nitrogens with one attached hydrogen (secondary N) is 1. The second-order valence-electron chi connectivity index (χ2n) is 9.73. The number of anilines is 2. The van der Waals surface area contributed by atoms with Gasteiger partial charge in [-0.1, -0.05) is 30.6 Å². The maximum Gasteiger partial charge on any atom is 0.184 e. The third-order valence-corrected chi connectivity index (χ3v) is 8.04. The third kappa shape index (κ3) is 5.29. The molecule has 3 aromatic heterocycles. The van der Waals surface area contributed by atoms with E-state index in [1.165, 1.54) is 32.1 Å². The van der Waals surface area contributed by atoms with Gasteiger partial charge in [-0.25, -0.2) is 9.97 Å². The van der Waals surface area contributed by atoms with E-state index in [9.17, 15) is 5.11 Å². The average Bonchev–Trinajstić information content (AvgIpc) is 3.31. The maximum absolute atomic E-state index is 9.74. The first-order valence-electron chi connectivity index (χ1n) is 12.9. The quantitative estimate of drug-likeness (QED) is 0.323. The number of ether oxygens (including phenoxy) is 1. The van der Waals surface area contributed by atoms with Crippen LogP contribution < -0.4 is 15.0 Å². The molecule has 4 aromatic rings. The molecule has 0 radical (unpaired) electrons. The number of aliphatic hydroxyl groups excluding tert-OH is 1. The lowest BCUT2D eigenvalue weighted by molar-refractivity contribution is 0.145. The number of hydrogen-bond acceptors (Lipinski definition) is 8. The number of aromatic nitrogens is 3. The van der Waals surface area contributed by atoms with Crippen molar-refractivity contribution in [2.24, 2.45) is 0 Å². The van der Waals surface area contributed by atoms with Gasteiger partial charge in [0.2, 0.25) is 0 Å². The van der Waals surface area contributed by atoms with Crippen LogP contribution in [-0.2, 0) is 0 Å². The lowest BCUT2D eigenvalue weighted by Crippen LogP contribution is -2.36. The van der Waals surface area contributed by atoms with Gasteiger partial charge >= 0.3 is 0 Å². The SMILES string of the molecule is OC1CCN(c2ccc(-c3cc(Oc4ccc5nc(NC6CCCCC6)sc5c4)ccn3)cn2)CC1. The summed E-state index contributed by atoms with van der Waals surface area (Å²) >= 11 is 1.69. The van der Waals surface area contributed by atoms with E-state index in [-0.39, 0.29) is 6.10 Å². The second-order valence-corrected chi connectivity index (χ2v) is 10.8. The lowest BCUT2D eigenvalue weighted by atomic mass is 9.96. The number of fused-ring (bicyclic) bond motifs is 1. The minimum Gasteiger partial charge on any atom is -0.457 e. The number of pyridine rings is 2. The summed E-state index contributed by atoms with van der Waals surface area (Å²) in [6, 6.07) is 14.5. The molecule has 0 bridgehead atoms. The summed E-state index contributed by atoms with van der Waals surface area (Å²) in [5.74, 6) is 2.46. The molecule has 2 aliphatic rings. The Hall–Kier alpha value is -3.23. The van der Waals surface area contributed by atoms with Gasteiger partial charge in [0.05, 0.1) is 22.0 Å². The minimum absolute atomic E-state index is 0.190. The molecule has 36 heavy (non-hydrogen) atoms. The first-order chi connectivity index (χ1) is 17.7. The van der Waals surface area contributed by atoms with Crippen molar-refractivity contribution in [2.75, 3.05) is 23.3 Å². The van der Waals surface area contributed by atoms with Gasteiger partial charge in [-0.05, 0) is 56.0 Å². The van der Waals surface area contributed by atoms with E-state index in [0.717, 1.165) is 69.9 Å². The highest BCUT2D eigenvalue weighted by Gasteiger charge is 2.18. The van der Waals surface area contributed by atoms with E-state index in [1.807, 2.05) is 42.6 Å². The summed E-state index contributed by atoms with van der Waals surface area (Å²) < 4.78 is 7.32. The van der Waals surface area contributed by atoms with Crippen molar-refractivity contribution in [2.45, 2.75) is 57.1 Å². The topological polar surface area (TPSA) is 83.4 Å². The summed E-state index contributed by atoms with van der Waals surface area (Å²) in [7, 11) is 0. The van der Waals surface area contributed by atoms with Crippen LogP contribution in [0.4, 0.5) is 10.9 Å². The van der Waals surface area contributed by atoms with Crippen LogP contribution in [-0.4, -0.2) is 45.3 Å². The van der Waals surface area contributed by atoms with Gasteiger partial charge in [0.15, 0.2) is 5.13 Å². The molecule has 0 amide bonds. The Labute approximate surface area is 215 Å². The molecule has 1 saturated carbocycles. The molecule has 0 unspecified atom stereocenters. The molecule has 1 aliphatic carbocycles. The number of aliphatic hydroxyl groups is 1. The van der Waals surface area contributed by atoms with Crippen LogP contribution in [0.5, 0.6) is 11.5 Å². The average molecular weight is 502 g/mol. The smallest absolute Gasteiger partial charge is 0.184 e. The normalized spacial score (nSPS) is 17.4. The van der Waals surface area contributed by atoms with Crippen molar-refractivity contribution in [3.63, 3.8) is 0 Å². The van der Waals surface area contributed by atoms with Crippen LogP contribution in [0.25, 0.3) is 21.5 Å². The summed E-state index contributed by atoms with van der Waals surface area (Å²) in [6.07, 6.45) is 11.4. The van der Waals surface area contributed by atoms with E-state index in [2.05, 4.69) is 26.3 Å². The van der Waals surface area contributed by atoms with Gasteiger partial charge in [-0.3, -0.25) is 4.98 Å². The number of rotatable bonds is 6. The zero-order valence-electron chi connectivity index (χ0n) is 20.3. The molecule has 0 atom stereocenters. The summed E-state index contributed by atoms with van der Waals surface area (Å²) in [4.78, 5) is 16.2. The van der Waals surface area contributed by atoms with Gasteiger partial charge in [0.25, 0.3) is 0 Å². The summed E-state index contributed by atoms with van der Waals surface area (Å²) in [6.45, 7) is 1.66. The Kier molecular flexibility index (Phi) is 6.70. The van der Waals surface area contributed by atoms with Crippen LogP contribution in [0, 0.1) is 0 Å². The van der Waals surface area contributed by atoms with Crippen LogP contribution in [0.15, 0.2) is 54.9 Å². The molecule has 1 saturated heterocycles. The number of thiazole rings is 1. The zero-order chi connectivity index (χ0) is 24.3. The molecule has 1 aliphatic heterocycles. The fraction of sp³-hybridized carbons (Fsp3) is 0.393. The van der Waals surface area contributed by atoms with Crippen LogP contribution >= 0.6 is 11.3 Å². The van der Waals surface area contributed by atoms with E-state index in [4.69, 9.17) is 9.72 Å². The predicted octanol–water partition coefficient (Wildman–Crippen LogP) is 6.25. The van der Waals surface area contributed by atoms with Crippen molar-refractivity contribution in [1.82, 2.24) is 15.0 Å². The van der Waals surface area contributed by atoms with Gasteiger partial charge in [-0.15, -0.1) is 0 Å². The molecule has 4 heterocycles. The van der Waals surface area contributed by atoms with Gasteiger partial charge < -0.3 is 20.1 Å². The van der Waals surface area contributed by atoms with Crippen molar-refractivity contribution >= 4 is 32.5 Å². The van der Waals surface area contributed by atoms with E-state index in [1.54, 1.807) is 17.5 Å². The fourth-order valence-corrected chi connectivity index (χ4v) is 6.01. The van der Waals surface area contributed by atoms with Crippen molar-refractivity contribution in [3.05, 3.63) is 54.9 Å². The highest BCUT2D eigenvalue weighted by atomic mass is 32.1. The largest absolute Gasteiger partial charge is 0.457 e. The van der Waals surface area contributed by atoms with E-state index >= 15 is 0 Å². The lowest BCUT2D eigenvalue weighted by Gasteiger charge is -2.30. The van der Waals surface area contributed by atoms with Crippen LogP contribution in [0.3, 0.4) is 0 Å². The van der Waals surface area contributed by atoms with E-state index in [0.29, 0.717) is 6.04 Å². The Balaban J connectivity index is 1.14. The number of benzene rings is 1. The molecule has 2 N–H and O–H groups in total. The molecular formula is C28H31N5O2S. The van der Waals surface area contributed by atoms with Gasteiger partial charge in [-0.2, -0.15) is 0 Å². The van der Waals surface area contributed by atoms with Crippen LogP contribution in [0.2, 0.25) is 0 Å². The maximum atomic E-state index is 9.74. The fourth-order valence-electron chi connectivity index (χ4n) is 5.04. The highest BCUT2D eigenvalue weighted by Crippen LogP contribution is 2.33. The molecule has 6 rings (SSSR count). The Morgan fingerprint density at radius 1 is 0.917 bits per heavy atom. The standard InChI is InChI=1S/C28H31N5O2S/c34-21-11-14-33(15-12-21)27-9-6-19(18-30-27)25-16-23(10-13-29-25)35-22-7-8-24-26(17-22)36-28(32-24)31-20-4-2-1-3-5-20/h6-10,13,16-18,20-21,34H,1-5,11-12,14-15H2,(H,31,32). The molecule has 2 fully saturated rings. The monoisotopic (exact) mass is 501 g/mol. The molecule has 8 heteroatoms.